The number of nitriles is 1. The third-order valence-corrected chi connectivity index (χ3v) is 2.27. The van der Waals surface area contributed by atoms with Crippen LogP contribution >= 0.6 is 0 Å². The molecule has 0 saturated heterocycles. The van der Waals surface area contributed by atoms with Gasteiger partial charge in [-0.25, -0.2) is 0 Å². The third-order valence-electron chi connectivity index (χ3n) is 2.27. The van der Waals surface area contributed by atoms with Crippen molar-refractivity contribution in [1.29, 1.82) is 5.26 Å². The monoisotopic (exact) mass is 210 g/mol. The Balaban J connectivity index is 3.12. The molecular weight excluding hydrogens is 188 g/mol. The number of nitrogens with zero attached hydrogens (tertiary/aromatic N) is 1. The summed E-state index contributed by atoms with van der Waals surface area (Å²) in [6, 6.07) is 1.83. The van der Waals surface area contributed by atoms with Gasteiger partial charge in [0, 0.05) is 6.54 Å². The minimum Gasteiger partial charge on any atom is -0.355 e. The van der Waals surface area contributed by atoms with Gasteiger partial charge in [-0.15, -0.1) is 0 Å². The second kappa shape index (κ2) is 9.51. The van der Waals surface area contributed by atoms with E-state index in [1.807, 2.05) is 6.07 Å². The van der Waals surface area contributed by atoms with Crippen LogP contribution in [0.5, 0.6) is 0 Å². The molecule has 0 aliphatic carbocycles. The van der Waals surface area contributed by atoms with E-state index < -0.39 is 0 Å². The minimum absolute atomic E-state index is 0.0205. The van der Waals surface area contributed by atoms with Gasteiger partial charge in [-0.05, 0) is 12.3 Å². The Kier molecular flexibility index (Phi) is 8.85. The zero-order valence-corrected chi connectivity index (χ0v) is 9.88. The maximum absolute atomic E-state index is 10.9. The van der Waals surface area contributed by atoms with Crippen molar-refractivity contribution in [3.63, 3.8) is 0 Å². The summed E-state index contributed by atoms with van der Waals surface area (Å²) in [5.74, 6) is 0.639. The van der Waals surface area contributed by atoms with E-state index in [1.54, 1.807) is 0 Å². The Morgan fingerprint density at radius 2 is 1.93 bits per heavy atom. The zero-order valence-electron chi connectivity index (χ0n) is 9.88. The predicted molar refractivity (Wildman–Crippen MR) is 61.2 cm³/mol. The van der Waals surface area contributed by atoms with E-state index in [0.29, 0.717) is 6.54 Å². The Hall–Kier alpha value is -1.04. The van der Waals surface area contributed by atoms with Gasteiger partial charge in [0.2, 0.25) is 5.91 Å². The summed E-state index contributed by atoms with van der Waals surface area (Å²) in [6.45, 7) is 5.19. The van der Waals surface area contributed by atoms with Crippen LogP contribution in [-0.4, -0.2) is 12.5 Å². The maximum Gasteiger partial charge on any atom is 0.234 e. The summed E-state index contributed by atoms with van der Waals surface area (Å²) < 4.78 is 0. The summed E-state index contributed by atoms with van der Waals surface area (Å²) in [5, 5.41) is 11.0. The number of unbranched alkanes of at least 4 members (excludes halogenated alkanes) is 3. The summed E-state index contributed by atoms with van der Waals surface area (Å²) >= 11 is 0. The van der Waals surface area contributed by atoms with Crippen molar-refractivity contribution in [3.05, 3.63) is 0 Å². The highest BCUT2D eigenvalue weighted by Crippen LogP contribution is 2.08. The van der Waals surface area contributed by atoms with Gasteiger partial charge in [-0.2, -0.15) is 5.26 Å². The first-order chi connectivity index (χ1) is 7.16. The number of amides is 1. The molecule has 1 N–H and O–H groups in total. The van der Waals surface area contributed by atoms with Crippen LogP contribution in [0.4, 0.5) is 0 Å². The van der Waals surface area contributed by atoms with Gasteiger partial charge in [-0.3, -0.25) is 4.79 Å². The Morgan fingerprint density at radius 1 is 1.27 bits per heavy atom. The van der Waals surface area contributed by atoms with Crippen molar-refractivity contribution in [1.82, 2.24) is 5.32 Å². The molecule has 0 fully saturated rings. The van der Waals surface area contributed by atoms with Crippen LogP contribution in [0.3, 0.4) is 0 Å². The van der Waals surface area contributed by atoms with Crippen LogP contribution in [-0.2, 0) is 4.79 Å². The average molecular weight is 210 g/mol. The fourth-order valence-electron chi connectivity index (χ4n) is 1.39. The first-order valence-electron chi connectivity index (χ1n) is 5.80. The van der Waals surface area contributed by atoms with E-state index >= 15 is 0 Å². The van der Waals surface area contributed by atoms with E-state index in [-0.39, 0.29) is 12.3 Å². The highest BCUT2D eigenvalue weighted by Gasteiger charge is 1.98. The van der Waals surface area contributed by atoms with E-state index in [9.17, 15) is 4.79 Å². The van der Waals surface area contributed by atoms with Gasteiger partial charge in [0.15, 0.2) is 0 Å². The highest BCUT2D eigenvalue weighted by molar-refractivity contribution is 5.77. The largest absolute Gasteiger partial charge is 0.355 e. The molecule has 0 aromatic rings. The molecule has 0 aliphatic rings. The number of carbonyl (C=O) groups is 1. The Morgan fingerprint density at radius 3 is 2.53 bits per heavy atom. The van der Waals surface area contributed by atoms with E-state index in [1.165, 1.54) is 25.7 Å². The highest BCUT2D eigenvalue weighted by atomic mass is 16.1. The maximum atomic E-state index is 10.9. The second-order valence-corrected chi connectivity index (χ2v) is 4.28. The number of nitrogens with one attached hydrogen (secondary N) is 1. The number of hydrogen-bond acceptors (Lipinski definition) is 2. The molecule has 0 bridgehead atoms. The molecule has 3 nitrogen and oxygen atoms in total. The van der Waals surface area contributed by atoms with Crippen molar-refractivity contribution in [3.8, 4) is 6.07 Å². The summed E-state index contributed by atoms with van der Waals surface area (Å²) in [5.41, 5.74) is 0. The van der Waals surface area contributed by atoms with Gasteiger partial charge in [-0.1, -0.05) is 39.5 Å². The number of rotatable bonds is 8. The van der Waals surface area contributed by atoms with E-state index in [4.69, 9.17) is 5.26 Å². The molecule has 0 unspecified atom stereocenters. The lowest BCUT2D eigenvalue weighted by Crippen LogP contribution is -2.23. The molecule has 0 aliphatic heterocycles. The van der Waals surface area contributed by atoms with Crippen molar-refractivity contribution < 1.29 is 4.79 Å². The molecular formula is C12H22N2O. The fourth-order valence-corrected chi connectivity index (χ4v) is 1.39. The first kappa shape index (κ1) is 14.0. The summed E-state index contributed by atoms with van der Waals surface area (Å²) in [4.78, 5) is 10.9. The van der Waals surface area contributed by atoms with Crippen LogP contribution in [0.2, 0.25) is 0 Å². The van der Waals surface area contributed by atoms with Crippen molar-refractivity contribution in [2.75, 3.05) is 6.54 Å². The van der Waals surface area contributed by atoms with Crippen molar-refractivity contribution in [2.24, 2.45) is 5.92 Å². The van der Waals surface area contributed by atoms with E-state index in [0.717, 1.165) is 12.3 Å². The minimum atomic E-state index is -0.153. The number of hydrogen-bond donors (Lipinski definition) is 1. The normalized spacial score (nSPS) is 10.0. The molecule has 1 amide bonds. The first-order valence-corrected chi connectivity index (χ1v) is 5.80. The Bertz CT molecular complexity index is 206. The smallest absolute Gasteiger partial charge is 0.234 e. The molecule has 0 saturated carbocycles. The van der Waals surface area contributed by atoms with Crippen molar-refractivity contribution >= 4 is 5.91 Å². The van der Waals surface area contributed by atoms with Crippen LogP contribution in [0, 0.1) is 17.2 Å². The van der Waals surface area contributed by atoms with Gasteiger partial charge < -0.3 is 5.32 Å². The molecule has 0 heterocycles. The summed E-state index contributed by atoms with van der Waals surface area (Å²) in [6.07, 6.45) is 5.99. The zero-order chi connectivity index (χ0) is 11.5. The lowest BCUT2D eigenvalue weighted by atomic mass is 10.0. The van der Waals surface area contributed by atoms with Crippen molar-refractivity contribution in [2.45, 2.75) is 52.4 Å². The molecule has 86 valence electrons. The van der Waals surface area contributed by atoms with Gasteiger partial charge in [0.25, 0.3) is 0 Å². The Labute approximate surface area is 92.9 Å². The average Bonchev–Trinajstić information content (AvgIpc) is 2.16. The molecule has 0 rings (SSSR count). The van der Waals surface area contributed by atoms with Crippen LogP contribution in [0.15, 0.2) is 0 Å². The van der Waals surface area contributed by atoms with Gasteiger partial charge in [0.1, 0.15) is 6.42 Å². The molecule has 0 spiro atoms. The van der Waals surface area contributed by atoms with Crippen LogP contribution in [0.25, 0.3) is 0 Å². The van der Waals surface area contributed by atoms with E-state index in [2.05, 4.69) is 19.2 Å². The SMILES string of the molecule is CC(C)CCCCCCNC(=O)CC#N. The molecule has 3 heteroatoms. The topological polar surface area (TPSA) is 52.9 Å². The summed E-state index contributed by atoms with van der Waals surface area (Å²) in [7, 11) is 0. The molecule has 15 heavy (non-hydrogen) atoms. The lowest BCUT2D eigenvalue weighted by Gasteiger charge is -2.04. The predicted octanol–water partition coefficient (Wildman–Crippen LogP) is 2.62. The standard InChI is InChI=1S/C12H22N2O/c1-11(2)7-5-3-4-6-10-14-12(15)8-9-13/h11H,3-8,10H2,1-2H3,(H,14,15). The van der Waals surface area contributed by atoms with Gasteiger partial charge in [0.05, 0.1) is 6.07 Å². The van der Waals surface area contributed by atoms with Crippen LogP contribution < -0.4 is 5.32 Å². The second-order valence-electron chi connectivity index (χ2n) is 4.28. The van der Waals surface area contributed by atoms with Crippen LogP contribution in [0.1, 0.15) is 52.4 Å². The quantitative estimate of drug-likeness (QED) is 0.626. The molecule has 0 atom stereocenters. The number of carbonyl (C=O) groups excluding carboxylic acids is 1. The molecule has 0 radical (unpaired) electrons. The molecule has 0 aromatic carbocycles. The third kappa shape index (κ3) is 10.9. The van der Waals surface area contributed by atoms with Gasteiger partial charge >= 0.3 is 0 Å². The lowest BCUT2D eigenvalue weighted by molar-refractivity contribution is -0.120. The molecule has 0 aromatic heterocycles. The fraction of sp³-hybridized carbons (Fsp3) is 0.833.